The van der Waals surface area contributed by atoms with Crippen molar-refractivity contribution in [3.05, 3.63) is 16.0 Å². The maximum absolute atomic E-state index is 12.6. The second kappa shape index (κ2) is 6.75. The summed E-state index contributed by atoms with van der Waals surface area (Å²) in [5.41, 5.74) is 0.830. The van der Waals surface area contributed by atoms with Crippen LogP contribution in [0.2, 0.25) is 4.34 Å². The van der Waals surface area contributed by atoms with Crippen LogP contribution >= 0.6 is 22.9 Å². The summed E-state index contributed by atoms with van der Waals surface area (Å²) in [5, 5.41) is 3.30. The van der Waals surface area contributed by atoms with Crippen LogP contribution in [0.25, 0.3) is 0 Å². The van der Waals surface area contributed by atoms with E-state index in [-0.39, 0.29) is 0 Å². The first kappa shape index (κ1) is 16.2. The van der Waals surface area contributed by atoms with Crippen LogP contribution in [-0.4, -0.2) is 38.9 Å². The lowest BCUT2D eigenvalue weighted by atomic mass is 10.00. The Labute approximate surface area is 130 Å². The van der Waals surface area contributed by atoms with E-state index in [9.17, 15) is 8.42 Å². The van der Waals surface area contributed by atoms with E-state index in [1.54, 1.807) is 10.4 Å². The number of thiophene rings is 1. The normalized spacial score (nSPS) is 21.2. The summed E-state index contributed by atoms with van der Waals surface area (Å²) in [5.74, 6) is 0.398. The standard InChI is InChI=1S/C13H21ClN2O2S2/c1-3-15-8-11-5-4-6-16(9-11)20(17,18)12-7-10(2)13(14)19-12/h7,11,15H,3-6,8-9H2,1-2H3. The van der Waals surface area contributed by atoms with E-state index in [4.69, 9.17) is 11.6 Å². The Hall–Kier alpha value is -0.140. The van der Waals surface area contributed by atoms with Crippen molar-refractivity contribution in [2.24, 2.45) is 5.92 Å². The molecule has 1 aromatic rings. The van der Waals surface area contributed by atoms with Gasteiger partial charge in [0.15, 0.2) is 0 Å². The van der Waals surface area contributed by atoms with Crippen LogP contribution in [-0.2, 0) is 10.0 Å². The van der Waals surface area contributed by atoms with Gasteiger partial charge in [-0.3, -0.25) is 0 Å². The minimum atomic E-state index is -3.38. The SMILES string of the molecule is CCNCC1CCCN(S(=O)(=O)c2cc(C)c(Cl)s2)C1. The molecule has 0 radical (unpaired) electrons. The lowest BCUT2D eigenvalue weighted by Crippen LogP contribution is -2.42. The maximum Gasteiger partial charge on any atom is 0.252 e. The van der Waals surface area contributed by atoms with E-state index in [0.717, 1.165) is 42.8 Å². The second-order valence-electron chi connectivity index (χ2n) is 5.20. The summed E-state index contributed by atoms with van der Waals surface area (Å²) < 4.78 is 27.8. The molecule has 0 spiro atoms. The highest BCUT2D eigenvalue weighted by molar-refractivity contribution is 7.91. The molecule has 1 saturated heterocycles. The maximum atomic E-state index is 12.6. The van der Waals surface area contributed by atoms with E-state index >= 15 is 0 Å². The lowest BCUT2D eigenvalue weighted by Gasteiger charge is -2.31. The van der Waals surface area contributed by atoms with Gasteiger partial charge in [-0.15, -0.1) is 11.3 Å². The molecule has 0 aliphatic carbocycles. The number of nitrogens with one attached hydrogen (secondary N) is 1. The molecule has 2 rings (SSSR count). The highest BCUT2D eigenvalue weighted by Crippen LogP contribution is 2.33. The highest BCUT2D eigenvalue weighted by atomic mass is 35.5. The third kappa shape index (κ3) is 3.54. The largest absolute Gasteiger partial charge is 0.317 e. The summed E-state index contributed by atoms with van der Waals surface area (Å²) >= 11 is 7.15. The van der Waals surface area contributed by atoms with E-state index in [2.05, 4.69) is 12.2 Å². The Morgan fingerprint density at radius 2 is 2.30 bits per heavy atom. The number of nitrogens with zero attached hydrogens (tertiary/aromatic N) is 1. The average Bonchev–Trinajstić information content (AvgIpc) is 2.77. The Kier molecular flexibility index (Phi) is 5.48. The van der Waals surface area contributed by atoms with E-state index in [1.165, 1.54) is 0 Å². The Morgan fingerprint density at radius 3 is 2.90 bits per heavy atom. The molecule has 4 nitrogen and oxygen atoms in total. The van der Waals surface area contributed by atoms with Crippen molar-refractivity contribution < 1.29 is 8.42 Å². The number of hydrogen-bond donors (Lipinski definition) is 1. The zero-order chi connectivity index (χ0) is 14.8. The molecule has 1 fully saturated rings. The first-order valence-corrected chi connectivity index (χ1v) is 9.55. The number of sulfonamides is 1. The molecule has 0 amide bonds. The monoisotopic (exact) mass is 336 g/mol. The molecule has 1 atom stereocenters. The molecule has 1 N–H and O–H groups in total. The highest BCUT2D eigenvalue weighted by Gasteiger charge is 2.31. The molecule has 7 heteroatoms. The van der Waals surface area contributed by atoms with Crippen LogP contribution in [0.3, 0.4) is 0 Å². The van der Waals surface area contributed by atoms with Gasteiger partial charge in [0.2, 0.25) is 0 Å². The van der Waals surface area contributed by atoms with Gasteiger partial charge in [-0.05, 0) is 50.4 Å². The topological polar surface area (TPSA) is 49.4 Å². The van der Waals surface area contributed by atoms with Crippen molar-refractivity contribution >= 4 is 33.0 Å². The van der Waals surface area contributed by atoms with Crippen LogP contribution in [0.1, 0.15) is 25.3 Å². The van der Waals surface area contributed by atoms with Crippen LogP contribution in [0.15, 0.2) is 10.3 Å². The van der Waals surface area contributed by atoms with Gasteiger partial charge in [0.1, 0.15) is 4.21 Å². The summed E-state index contributed by atoms with van der Waals surface area (Å²) in [6.07, 6.45) is 2.01. The number of halogens is 1. The Morgan fingerprint density at radius 1 is 1.55 bits per heavy atom. The number of aryl methyl sites for hydroxylation is 1. The summed E-state index contributed by atoms with van der Waals surface area (Å²) in [6.45, 7) is 6.91. The molecule has 2 heterocycles. The van der Waals surface area contributed by atoms with Gasteiger partial charge in [0.05, 0.1) is 4.34 Å². The lowest BCUT2D eigenvalue weighted by molar-refractivity contribution is 0.261. The molecule has 0 aromatic carbocycles. The zero-order valence-electron chi connectivity index (χ0n) is 11.9. The molecular formula is C13H21ClN2O2S2. The van der Waals surface area contributed by atoms with Crippen LogP contribution < -0.4 is 5.32 Å². The molecule has 0 bridgehead atoms. The first-order valence-electron chi connectivity index (χ1n) is 6.92. The first-order chi connectivity index (χ1) is 9.45. The molecule has 114 valence electrons. The van der Waals surface area contributed by atoms with Gasteiger partial charge >= 0.3 is 0 Å². The fourth-order valence-electron chi connectivity index (χ4n) is 2.45. The van der Waals surface area contributed by atoms with Crippen molar-refractivity contribution in [3.63, 3.8) is 0 Å². The molecule has 20 heavy (non-hydrogen) atoms. The minimum Gasteiger partial charge on any atom is -0.317 e. The predicted molar refractivity (Wildman–Crippen MR) is 84.1 cm³/mol. The number of rotatable bonds is 5. The average molecular weight is 337 g/mol. The van der Waals surface area contributed by atoms with Gasteiger partial charge < -0.3 is 5.32 Å². The van der Waals surface area contributed by atoms with Crippen LogP contribution in [0, 0.1) is 12.8 Å². The predicted octanol–water partition coefficient (Wildman–Crippen LogP) is 2.72. The fourth-order valence-corrected chi connectivity index (χ4v) is 5.86. The van der Waals surface area contributed by atoms with Crippen molar-refractivity contribution in [2.75, 3.05) is 26.2 Å². The van der Waals surface area contributed by atoms with Crippen molar-refractivity contribution in [3.8, 4) is 0 Å². The van der Waals surface area contributed by atoms with Gasteiger partial charge in [-0.1, -0.05) is 18.5 Å². The summed E-state index contributed by atoms with van der Waals surface area (Å²) in [7, 11) is -3.38. The summed E-state index contributed by atoms with van der Waals surface area (Å²) in [6, 6.07) is 1.68. The van der Waals surface area contributed by atoms with Gasteiger partial charge in [-0.25, -0.2) is 8.42 Å². The summed E-state index contributed by atoms with van der Waals surface area (Å²) in [4.78, 5) is 0. The van der Waals surface area contributed by atoms with E-state index in [0.29, 0.717) is 27.6 Å². The Balaban J connectivity index is 2.12. The van der Waals surface area contributed by atoms with E-state index in [1.807, 2.05) is 6.92 Å². The van der Waals surface area contributed by atoms with Crippen molar-refractivity contribution in [1.82, 2.24) is 9.62 Å². The van der Waals surface area contributed by atoms with Gasteiger partial charge in [0, 0.05) is 13.1 Å². The minimum absolute atomic E-state index is 0.365. The quantitative estimate of drug-likeness (QED) is 0.899. The van der Waals surface area contributed by atoms with Crippen molar-refractivity contribution in [1.29, 1.82) is 0 Å². The van der Waals surface area contributed by atoms with Crippen molar-refractivity contribution in [2.45, 2.75) is 30.9 Å². The smallest absolute Gasteiger partial charge is 0.252 e. The molecule has 1 aliphatic heterocycles. The second-order valence-corrected chi connectivity index (χ2v) is 9.02. The van der Waals surface area contributed by atoms with E-state index < -0.39 is 10.0 Å². The number of hydrogen-bond acceptors (Lipinski definition) is 4. The molecular weight excluding hydrogens is 316 g/mol. The van der Waals surface area contributed by atoms with Crippen LogP contribution in [0.5, 0.6) is 0 Å². The van der Waals surface area contributed by atoms with Gasteiger partial charge in [0.25, 0.3) is 10.0 Å². The molecule has 0 saturated carbocycles. The third-order valence-electron chi connectivity index (χ3n) is 3.59. The molecule has 1 aliphatic rings. The fraction of sp³-hybridized carbons (Fsp3) is 0.692. The zero-order valence-corrected chi connectivity index (χ0v) is 14.2. The van der Waals surface area contributed by atoms with Crippen LogP contribution in [0.4, 0.5) is 0 Å². The molecule has 1 unspecified atom stereocenters. The number of piperidine rings is 1. The molecule has 1 aromatic heterocycles. The third-order valence-corrected chi connectivity index (χ3v) is 7.46. The Bertz CT molecular complexity index is 537. The van der Waals surface area contributed by atoms with Gasteiger partial charge in [-0.2, -0.15) is 4.31 Å².